The Morgan fingerprint density at radius 3 is 2.66 bits per heavy atom. The van der Waals surface area contributed by atoms with Crippen LogP contribution in [-0.2, 0) is 4.79 Å². The van der Waals surface area contributed by atoms with E-state index in [1.165, 1.54) is 0 Å². The van der Waals surface area contributed by atoms with E-state index in [0.29, 0.717) is 23.5 Å². The van der Waals surface area contributed by atoms with Crippen molar-refractivity contribution in [2.75, 3.05) is 25.5 Å². The summed E-state index contributed by atoms with van der Waals surface area (Å²) in [5.41, 5.74) is 2.11. The van der Waals surface area contributed by atoms with Crippen molar-refractivity contribution < 1.29 is 14.3 Å². The Morgan fingerprint density at radius 1 is 1.28 bits per heavy atom. The first-order valence-corrected chi connectivity index (χ1v) is 10.3. The first kappa shape index (κ1) is 20.9. The summed E-state index contributed by atoms with van der Waals surface area (Å²) in [6.45, 7) is 5.58. The summed E-state index contributed by atoms with van der Waals surface area (Å²) < 4.78 is 5.14. The lowest BCUT2D eigenvalue weighted by Crippen LogP contribution is -2.42. The first-order valence-electron chi connectivity index (χ1n) is 10.3. The number of hydrogen-bond donors (Lipinski definition) is 2. The Balaban J connectivity index is 1.70. The molecule has 1 fully saturated rings. The van der Waals surface area contributed by atoms with E-state index >= 15 is 0 Å². The zero-order valence-corrected chi connectivity index (χ0v) is 17.4. The molecule has 0 spiro atoms. The fraction of sp³-hybridized carbons (Fsp3) is 0.500. The minimum Gasteiger partial charge on any atom is -0.497 e. The molecule has 2 N–H and O–H groups in total. The lowest BCUT2D eigenvalue weighted by Gasteiger charge is -2.34. The predicted octanol–water partition coefficient (Wildman–Crippen LogP) is 3.81. The second-order valence-corrected chi connectivity index (χ2v) is 7.52. The van der Waals surface area contributed by atoms with Crippen LogP contribution in [0, 0.1) is 5.92 Å². The van der Waals surface area contributed by atoms with Crippen LogP contribution in [0.4, 0.5) is 5.69 Å². The number of aromatic amines is 1. The minimum absolute atomic E-state index is 0.0877. The van der Waals surface area contributed by atoms with Gasteiger partial charge in [0, 0.05) is 30.5 Å². The number of nitrogens with zero attached hydrogens (tertiary/aromatic N) is 2. The van der Waals surface area contributed by atoms with Crippen molar-refractivity contribution in [2.45, 2.75) is 45.4 Å². The van der Waals surface area contributed by atoms with Crippen LogP contribution in [-0.4, -0.2) is 47.1 Å². The quantitative estimate of drug-likeness (QED) is 0.742. The Labute approximate surface area is 171 Å². The molecule has 7 nitrogen and oxygen atoms in total. The van der Waals surface area contributed by atoms with Crippen molar-refractivity contribution in [3.63, 3.8) is 0 Å². The van der Waals surface area contributed by atoms with E-state index in [-0.39, 0.29) is 23.7 Å². The monoisotopic (exact) mass is 398 g/mol. The number of amides is 2. The van der Waals surface area contributed by atoms with Gasteiger partial charge in [-0.1, -0.05) is 13.8 Å². The molecular formula is C22H30N4O3. The average molecular weight is 399 g/mol. The maximum Gasteiger partial charge on any atom is 0.255 e. The highest BCUT2D eigenvalue weighted by Gasteiger charge is 2.30. The van der Waals surface area contributed by atoms with Gasteiger partial charge in [-0.15, -0.1) is 0 Å². The fourth-order valence-corrected chi connectivity index (χ4v) is 3.95. The zero-order valence-electron chi connectivity index (χ0n) is 17.4. The van der Waals surface area contributed by atoms with Gasteiger partial charge >= 0.3 is 0 Å². The molecule has 0 bridgehead atoms. The molecule has 7 heteroatoms. The highest BCUT2D eigenvalue weighted by molar-refractivity contribution is 6.04. The van der Waals surface area contributed by atoms with Gasteiger partial charge in [0.05, 0.1) is 24.7 Å². The highest BCUT2D eigenvalue weighted by atomic mass is 16.5. The van der Waals surface area contributed by atoms with Gasteiger partial charge in [0.15, 0.2) is 0 Å². The summed E-state index contributed by atoms with van der Waals surface area (Å²) in [6, 6.07) is 6.97. The van der Waals surface area contributed by atoms with Gasteiger partial charge in [0.2, 0.25) is 5.91 Å². The molecule has 1 saturated heterocycles. The van der Waals surface area contributed by atoms with Gasteiger partial charge in [-0.25, -0.2) is 0 Å². The third-order valence-corrected chi connectivity index (χ3v) is 5.75. The van der Waals surface area contributed by atoms with Crippen LogP contribution in [0.2, 0.25) is 0 Å². The average Bonchev–Trinajstić information content (AvgIpc) is 3.22. The molecule has 1 unspecified atom stereocenters. The van der Waals surface area contributed by atoms with Crippen molar-refractivity contribution in [1.82, 2.24) is 15.1 Å². The van der Waals surface area contributed by atoms with Crippen LogP contribution in [0.15, 0.2) is 30.5 Å². The van der Waals surface area contributed by atoms with Crippen LogP contribution in [0.1, 0.15) is 61.5 Å². The molecule has 0 radical (unpaired) electrons. The summed E-state index contributed by atoms with van der Waals surface area (Å²) >= 11 is 0. The maximum atomic E-state index is 12.8. The zero-order chi connectivity index (χ0) is 20.8. The summed E-state index contributed by atoms with van der Waals surface area (Å²) in [5, 5.41) is 10.1. The largest absolute Gasteiger partial charge is 0.497 e. The fourth-order valence-electron chi connectivity index (χ4n) is 3.95. The number of carbonyl (C=O) groups excluding carboxylic acids is 2. The van der Waals surface area contributed by atoms with E-state index in [1.54, 1.807) is 37.6 Å². The second-order valence-electron chi connectivity index (χ2n) is 7.52. The van der Waals surface area contributed by atoms with E-state index in [4.69, 9.17) is 4.74 Å². The summed E-state index contributed by atoms with van der Waals surface area (Å²) in [5.74, 6) is 0.967. The lowest BCUT2D eigenvalue weighted by atomic mass is 9.92. The van der Waals surface area contributed by atoms with Crippen LogP contribution < -0.4 is 10.1 Å². The Morgan fingerprint density at radius 2 is 2.00 bits per heavy atom. The van der Waals surface area contributed by atoms with Crippen molar-refractivity contribution >= 4 is 17.5 Å². The Bertz CT molecular complexity index is 827. The lowest BCUT2D eigenvalue weighted by molar-refractivity contribution is -0.137. The van der Waals surface area contributed by atoms with Crippen LogP contribution >= 0.6 is 0 Å². The van der Waals surface area contributed by atoms with Crippen molar-refractivity contribution in [2.24, 2.45) is 5.92 Å². The van der Waals surface area contributed by atoms with Gasteiger partial charge in [-0.2, -0.15) is 5.10 Å². The van der Waals surface area contributed by atoms with Gasteiger partial charge < -0.3 is 15.0 Å². The molecular weight excluding hydrogens is 368 g/mol. The number of benzene rings is 1. The van der Waals surface area contributed by atoms with E-state index in [0.717, 1.165) is 37.9 Å². The number of carbonyl (C=O) groups is 2. The van der Waals surface area contributed by atoms with Gasteiger partial charge in [0.1, 0.15) is 5.75 Å². The van der Waals surface area contributed by atoms with Crippen LogP contribution in [0.5, 0.6) is 5.75 Å². The van der Waals surface area contributed by atoms with Crippen molar-refractivity contribution in [1.29, 1.82) is 0 Å². The molecule has 1 aliphatic heterocycles. The summed E-state index contributed by atoms with van der Waals surface area (Å²) in [4.78, 5) is 27.4. The van der Waals surface area contributed by atoms with Gasteiger partial charge in [0.25, 0.3) is 5.91 Å². The number of likely N-dealkylation sites (tertiary alicyclic amines) is 1. The molecule has 1 atom stereocenters. The SMILES string of the molecule is CCC(CC)C(=O)N1CCCC(c2[nH]ncc2NC(=O)c2ccc(OC)cc2)C1. The molecule has 29 heavy (non-hydrogen) atoms. The number of rotatable bonds is 7. The number of methoxy groups -OCH3 is 1. The number of ether oxygens (including phenoxy) is 1. The second kappa shape index (κ2) is 9.58. The molecule has 1 aromatic heterocycles. The molecule has 0 saturated carbocycles. The van der Waals surface area contributed by atoms with Gasteiger partial charge in [-0.05, 0) is 49.9 Å². The van der Waals surface area contributed by atoms with E-state index in [2.05, 4.69) is 29.4 Å². The molecule has 0 aliphatic carbocycles. The number of hydrogen-bond acceptors (Lipinski definition) is 4. The molecule has 156 valence electrons. The van der Waals surface area contributed by atoms with E-state index < -0.39 is 0 Å². The number of H-pyrrole nitrogens is 1. The van der Waals surface area contributed by atoms with Crippen LogP contribution in [0.25, 0.3) is 0 Å². The standard InChI is InChI=1S/C22H30N4O3/c1-4-15(5-2)22(28)26-12-6-7-17(14-26)20-19(13-23-25-20)24-21(27)16-8-10-18(29-3)11-9-16/h8-11,13,15,17H,4-7,12,14H2,1-3H3,(H,23,25)(H,24,27). The van der Waals surface area contributed by atoms with E-state index in [9.17, 15) is 9.59 Å². The third kappa shape index (κ3) is 4.78. The Kier molecular flexibility index (Phi) is 6.90. The molecule has 2 amide bonds. The third-order valence-electron chi connectivity index (χ3n) is 5.75. The molecule has 2 aromatic rings. The first-order chi connectivity index (χ1) is 14.1. The number of aromatic nitrogens is 2. The topological polar surface area (TPSA) is 87.3 Å². The Hall–Kier alpha value is -2.83. The molecule has 2 heterocycles. The number of anilines is 1. The minimum atomic E-state index is -0.198. The van der Waals surface area contributed by atoms with E-state index in [1.807, 2.05) is 4.90 Å². The summed E-state index contributed by atoms with van der Waals surface area (Å²) in [7, 11) is 1.59. The smallest absolute Gasteiger partial charge is 0.255 e. The normalized spacial score (nSPS) is 16.7. The van der Waals surface area contributed by atoms with Gasteiger partial charge in [-0.3, -0.25) is 14.7 Å². The van der Waals surface area contributed by atoms with Crippen molar-refractivity contribution in [3.8, 4) is 5.75 Å². The number of piperidine rings is 1. The molecule has 3 rings (SSSR count). The molecule has 1 aromatic carbocycles. The van der Waals surface area contributed by atoms with Crippen molar-refractivity contribution in [3.05, 3.63) is 41.7 Å². The predicted molar refractivity (Wildman–Crippen MR) is 112 cm³/mol. The maximum absolute atomic E-state index is 12.8. The number of nitrogens with one attached hydrogen (secondary N) is 2. The highest BCUT2D eigenvalue weighted by Crippen LogP contribution is 2.31. The van der Waals surface area contributed by atoms with Crippen LogP contribution in [0.3, 0.4) is 0 Å². The molecule has 1 aliphatic rings. The summed E-state index contributed by atoms with van der Waals surface area (Å²) in [6.07, 6.45) is 5.27.